The summed E-state index contributed by atoms with van der Waals surface area (Å²) >= 11 is 0. The maximum atomic E-state index is 12.7. The van der Waals surface area contributed by atoms with E-state index in [0.717, 1.165) is 19.3 Å². The average molecular weight is 416 g/mol. The average Bonchev–Trinajstić information content (AvgIpc) is 3.11. The largest absolute Gasteiger partial charge is 0.352 e. The zero-order valence-electron chi connectivity index (χ0n) is 16.1. The lowest BCUT2D eigenvalue weighted by Crippen LogP contribution is -2.45. The van der Waals surface area contributed by atoms with E-state index in [1.54, 1.807) is 45.0 Å². The van der Waals surface area contributed by atoms with Crippen molar-refractivity contribution >= 4 is 28.3 Å². The monoisotopic (exact) mass is 415 g/mol. The van der Waals surface area contributed by atoms with E-state index in [-0.39, 0.29) is 41.7 Å². The lowest BCUT2D eigenvalue weighted by molar-refractivity contribution is -0.127. The molecular weight excluding hydrogens is 386 g/mol. The smallest absolute Gasteiger partial charge is 0.241 e. The highest BCUT2D eigenvalue weighted by Crippen LogP contribution is 2.47. The summed E-state index contributed by atoms with van der Waals surface area (Å²) in [5.74, 6) is 0.627. The molecule has 8 heteroatoms. The van der Waals surface area contributed by atoms with Gasteiger partial charge in [-0.3, -0.25) is 4.79 Å². The van der Waals surface area contributed by atoms with Gasteiger partial charge in [0, 0.05) is 18.1 Å². The van der Waals surface area contributed by atoms with Crippen LogP contribution in [0.1, 0.15) is 45.6 Å². The third-order valence-electron chi connectivity index (χ3n) is 5.44. The Balaban J connectivity index is 0.00000261. The van der Waals surface area contributed by atoms with Gasteiger partial charge in [0.1, 0.15) is 0 Å². The molecule has 2 aliphatic carbocycles. The Morgan fingerprint density at radius 1 is 1.19 bits per heavy atom. The van der Waals surface area contributed by atoms with Crippen LogP contribution in [0.15, 0.2) is 29.2 Å². The second-order valence-corrected chi connectivity index (χ2v) is 10.3. The van der Waals surface area contributed by atoms with Crippen LogP contribution >= 0.6 is 12.4 Å². The van der Waals surface area contributed by atoms with E-state index in [9.17, 15) is 13.2 Å². The van der Waals surface area contributed by atoms with Gasteiger partial charge in [0.15, 0.2) is 0 Å². The Morgan fingerprint density at radius 2 is 1.81 bits per heavy atom. The highest BCUT2D eigenvalue weighted by Gasteiger charge is 2.48. The number of halogens is 1. The number of carbonyl (C=O) groups excluding carboxylic acids is 1. The minimum Gasteiger partial charge on any atom is -0.352 e. The molecule has 2 bridgehead atoms. The normalized spacial score (nSPS) is 27.3. The number of fused-ring (bicyclic) bond motifs is 2. The van der Waals surface area contributed by atoms with Gasteiger partial charge in [-0.1, -0.05) is 18.2 Å². The molecule has 3 rings (SSSR count). The molecule has 0 aliphatic heterocycles. The molecule has 2 fully saturated rings. The van der Waals surface area contributed by atoms with Crippen LogP contribution < -0.4 is 15.8 Å². The van der Waals surface area contributed by atoms with Crippen LogP contribution in [-0.4, -0.2) is 25.9 Å². The molecule has 0 aromatic heterocycles. The number of rotatable bonds is 5. The van der Waals surface area contributed by atoms with Gasteiger partial charge in [-0.05, 0) is 63.5 Å². The van der Waals surface area contributed by atoms with Gasteiger partial charge >= 0.3 is 0 Å². The highest BCUT2D eigenvalue weighted by atomic mass is 35.5. The molecule has 4 atom stereocenters. The molecule has 1 amide bonds. The summed E-state index contributed by atoms with van der Waals surface area (Å²) in [7, 11) is -3.66. The lowest BCUT2D eigenvalue weighted by Gasteiger charge is -2.27. The van der Waals surface area contributed by atoms with Crippen molar-refractivity contribution < 1.29 is 13.2 Å². The quantitative estimate of drug-likeness (QED) is 0.685. The summed E-state index contributed by atoms with van der Waals surface area (Å²) in [6.45, 7) is 5.57. The van der Waals surface area contributed by atoms with Gasteiger partial charge in [-0.15, -0.1) is 12.4 Å². The maximum Gasteiger partial charge on any atom is 0.241 e. The van der Waals surface area contributed by atoms with Crippen LogP contribution in [0.3, 0.4) is 0 Å². The first kappa shape index (κ1) is 22.1. The Kier molecular flexibility index (Phi) is 6.62. The Hall–Kier alpha value is -1.15. The SMILES string of the molecule is CC(C)(C)NS(=O)(=O)c1ccccc1CNC(=O)C1C2CCC(C2)C1N.Cl. The maximum absolute atomic E-state index is 12.7. The van der Waals surface area contributed by atoms with Crippen LogP contribution in [-0.2, 0) is 21.4 Å². The van der Waals surface area contributed by atoms with Crippen molar-refractivity contribution in [2.75, 3.05) is 0 Å². The fraction of sp³-hybridized carbons (Fsp3) is 0.632. The van der Waals surface area contributed by atoms with E-state index in [0.29, 0.717) is 17.4 Å². The van der Waals surface area contributed by atoms with Gasteiger partial charge in [0.25, 0.3) is 0 Å². The molecule has 0 saturated heterocycles. The molecule has 4 N–H and O–H groups in total. The second-order valence-electron chi connectivity index (χ2n) is 8.62. The minimum atomic E-state index is -3.66. The molecule has 2 saturated carbocycles. The number of nitrogens with two attached hydrogens (primary N) is 1. The van der Waals surface area contributed by atoms with Gasteiger partial charge < -0.3 is 11.1 Å². The lowest BCUT2D eigenvalue weighted by atomic mass is 9.84. The van der Waals surface area contributed by atoms with Crippen molar-refractivity contribution in [1.29, 1.82) is 0 Å². The number of hydrogen-bond donors (Lipinski definition) is 3. The third-order valence-corrected chi connectivity index (χ3v) is 7.30. The predicted octanol–water partition coefficient (Wildman–Crippen LogP) is 2.17. The molecule has 1 aromatic carbocycles. The minimum absolute atomic E-state index is 0. The first-order chi connectivity index (χ1) is 12.1. The van der Waals surface area contributed by atoms with Gasteiger partial charge in [-0.2, -0.15) is 0 Å². The molecular formula is C19H30ClN3O3S. The zero-order chi connectivity index (χ0) is 19.1. The molecule has 152 valence electrons. The first-order valence-electron chi connectivity index (χ1n) is 9.24. The van der Waals surface area contributed by atoms with Gasteiger partial charge in [-0.25, -0.2) is 13.1 Å². The molecule has 2 aliphatic rings. The number of amides is 1. The van der Waals surface area contributed by atoms with Crippen LogP contribution in [0, 0.1) is 17.8 Å². The van der Waals surface area contributed by atoms with Crippen molar-refractivity contribution in [1.82, 2.24) is 10.0 Å². The topological polar surface area (TPSA) is 101 Å². The zero-order valence-corrected chi connectivity index (χ0v) is 17.7. The standard InChI is InChI=1S/C19H29N3O3S.ClH/c1-19(2,3)22-26(24,25)15-7-5-4-6-14(15)11-21-18(23)16-12-8-9-13(10-12)17(16)20;/h4-7,12-13,16-17,22H,8-11,20H2,1-3H3,(H,21,23);1H. The highest BCUT2D eigenvalue weighted by molar-refractivity contribution is 7.89. The number of benzene rings is 1. The van der Waals surface area contributed by atoms with E-state index < -0.39 is 15.6 Å². The summed E-state index contributed by atoms with van der Waals surface area (Å²) in [5.41, 5.74) is 6.24. The third kappa shape index (κ3) is 4.83. The summed E-state index contributed by atoms with van der Waals surface area (Å²) < 4.78 is 28.0. The van der Waals surface area contributed by atoms with Crippen molar-refractivity contribution in [3.8, 4) is 0 Å². The molecule has 1 aromatic rings. The van der Waals surface area contributed by atoms with E-state index in [1.807, 2.05) is 0 Å². The van der Waals surface area contributed by atoms with Crippen molar-refractivity contribution in [2.45, 2.75) is 63.1 Å². The summed E-state index contributed by atoms with van der Waals surface area (Å²) in [6.07, 6.45) is 3.23. The number of nitrogens with one attached hydrogen (secondary N) is 2. The van der Waals surface area contributed by atoms with Crippen molar-refractivity contribution in [3.05, 3.63) is 29.8 Å². The van der Waals surface area contributed by atoms with E-state index in [1.165, 1.54) is 0 Å². The second kappa shape index (κ2) is 8.07. The van der Waals surface area contributed by atoms with Crippen molar-refractivity contribution in [3.63, 3.8) is 0 Å². The number of sulfonamides is 1. The Bertz CT molecular complexity index is 790. The fourth-order valence-electron chi connectivity index (χ4n) is 4.40. The van der Waals surface area contributed by atoms with Crippen LogP contribution in [0.5, 0.6) is 0 Å². The predicted molar refractivity (Wildman–Crippen MR) is 108 cm³/mol. The summed E-state index contributed by atoms with van der Waals surface area (Å²) in [4.78, 5) is 12.9. The molecule has 27 heavy (non-hydrogen) atoms. The van der Waals surface area contributed by atoms with Crippen molar-refractivity contribution in [2.24, 2.45) is 23.5 Å². The number of carbonyl (C=O) groups is 1. The molecule has 0 radical (unpaired) electrons. The Labute approximate surface area is 168 Å². The molecule has 6 nitrogen and oxygen atoms in total. The molecule has 0 heterocycles. The molecule has 4 unspecified atom stereocenters. The first-order valence-corrected chi connectivity index (χ1v) is 10.7. The van der Waals surface area contributed by atoms with Crippen LogP contribution in [0.25, 0.3) is 0 Å². The summed E-state index contributed by atoms with van der Waals surface area (Å²) in [5, 5.41) is 2.92. The van der Waals surface area contributed by atoms with Crippen LogP contribution in [0.4, 0.5) is 0 Å². The van der Waals surface area contributed by atoms with E-state index in [2.05, 4.69) is 10.0 Å². The Morgan fingerprint density at radius 3 is 2.41 bits per heavy atom. The van der Waals surface area contributed by atoms with Gasteiger partial charge in [0.2, 0.25) is 15.9 Å². The van der Waals surface area contributed by atoms with Crippen LogP contribution in [0.2, 0.25) is 0 Å². The summed E-state index contributed by atoms with van der Waals surface area (Å²) in [6, 6.07) is 6.70. The fourth-order valence-corrected chi connectivity index (χ4v) is 6.05. The number of hydrogen-bond acceptors (Lipinski definition) is 4. The van der Waals surface area contributed by atoms with Gasteiger partial charge in [0.05, 0.1) is 10.8 Å². The molecule has 0 spiro atoms. The van der Waals surface area contributed by atoms with E-state index >= 15 is 0 Å². The van der Waals surface area contributed by atoms with E-state index in [4.69, 9.17) is 5.73 Å².